The molecule has 0 unspecified atom stereocenters. The van der Waals surface area contributed by atoms with Crippen LogP contribution in [0.4, 0.5) is 5.69 Å². The Hall–Kier alpha value is -2.60. The third-order valence-corrected chi connectivity index (χ3v) is 4.84. The first-order valence-electron chi connectivity index (χ1n) is 7.54. The normalized spacial score (nSPS) is 11.4. The van der Waals surface area contributed by atoms with Crippen LogP contribution in [0.2, 0.25) is 0 Å². The lowest BCUT2D eigenvalue weighted by Crippen LogP contribution is -2.03. The van der Waals surface area contributed by atoms with Crippen molar-refractivity contribution in [1.29, 1.82) is 0 Å². The first-order chi connectivity index (χ1) is 11.4. The molecule has 2 aromatic carbocycles. The Morgan fingerprint density at radius 2 is 1.88 bits per heavy atom. The van der Waals surface area contributed by atoms with Crippen molar-refractivity contribution >= 4 is 15.5 Å². The maximum absolute atomic E-state index is 11.9. The molecular formula is C18H19N3O2S. The maximum atomic E-state index is 11.9. The highest BCUT2D eigenvalue weighted by atomic mass is 32.2. The Labute approximate surface area is 141 Å². The fourth-order valence-corrected chi connectivity index (χ4v) is 3.11. The van der Waals surface area contributed by atoms with Crippen molar-refractivity contribution in [1.82, 2.24) is 9.55 Å². The highest BCUT2D eigenvalue weighted by molar-refractivity contribution is 7.90. The van der Waals surface area contributed by atoms with Crippen molar-refractivity contribution in [3.8, 4) is 11.3 Å². The lowest BCUT2D eigenvalue weighted by molar-refractivity contribution is 0.602. The van der Waals surface area contributed by atoms with Crippen LogP contribution in [0, 0.1) is 0 Å². The number of sulfone groups is 1. The summed E-state index contributed by atoms with van der Waals surface area (Å²) in [6.45, 7) is 0.652. The largest absolute Gasteiger partial charge is 0.380 e. The molecule has 24 heavy (non-hydrogen) atoms. The zero-order valence-corrected chi connectivity index (χ0v) is 14.4. The molecule has 0 aliphatic heterocycles. The van der Waals surface area contributed by atoms with Crippen molar-refractivity contribution in [2.24, 2.45) is 7.05 Å². The third-order valence-electron chi connectivity index (χ3n) is 3.73. The fraction of sp³-hybridized carbons (Fsp3) is 0.167. The molecule has 0 saturated heterocycles. The Balaban J connectivity index is 1.98. The SMILES string of the molecule is Cn1cnc(-c2cc(S(C)(=O)=O)ccc2NCc2ccccc2)c1. The fourth-order valence-electron chi connectivity index (χ4n) is 2.47. The number of hydrogen-bond acceptors (Lipinski definition) is 4. The van der Waals surface area contributed by atoms with Crippen molar-refractivity contribution in [2.45, 2.75) is 11.4 Å². The van der Waals surface area contributed by atoms with Gasteiger partial charge in [0.1, 0.15) is 0 Å². The molecule has 0 atom stereocenters. The number of benzene rings is 2. The molecule has 1 N–H and O–H groups in total. The van der Waals surface area contributed by atoms with Crippen molar-refractivity contribution < 1.29 is 8.42 Å². The van der Waals surface area contributed by atoms with Crippen molar-refractivity contribution in [3.63, 3.8) is 0 Å². The number of imidazole rings is 1. The highest BCUT2D eigenvalue weighted by Gasteiger charge is 2.14. The molecule has 0 fully saturated rings. The van der Waals surface area contributed by atoms with Crippen molar-refractivity contribution in [2.75, 3.05) is 11.6 Å². The Bertz CT molecular complexity index is 947. The van der Waals surface area contributed by atoms with Crippen LogP contribution in [0.5, 0.6) is 0 Å². The minimum absolute atomic E-state index is 0.286. The van der Waals surface area contributed by atoms with Crippen LogP contribution < -0.4 is 5.32 Å². The van der Waals surface area contributed by atoms with Gasteiger partial charge in [-0.05, 0) is 23.8 Å². The molecule has 0 saturated carbocycles. The van der Waals surface area contributed by atoms with E-state index in [2.05, 4.69) is 10.3 Å². The van der Waals surface area contributed by atoms with Gasteiger partial charge in [0, 0.05) is 37.3 Å². The lowest BCUT2D eigenvalue weighted by Gasteiger charge is -2.12. The zero-order valence-electron chi connectivity index (χ0n) is 13.6. The van der Waals surface area contributed by atoms with Gasteiger partial charge in [0.05, 0.1) is 16.9 Å². The molecule has 0 amide bonds. The molecule has 124 valence electrons. The number of hydrogen-bond donors (Lipinski definition) is 1. The molecule has 6 heteroatoms. The first kappa shape index (κ1) is 16.3. The Morgan fingerprint density at radius 1 is 1.12 bits per heavy atom. The summed E-state index contributed by atoms with van der Waals surface area (Å²) in [5.74, 6) is 0. The number of anilines is 1. The molecule has 0 aliphatic rings. The molecule has 0 aliphatic carbocycles. The van der Waals surface area contributed by atoms with Gasteiger partial charge in [-0.3, -0.25) is 0 Å². The van der Waals surface area contributed by atoms with Crippen LogP contribution in [0.1, 0.15) is 5.56 Å². The van der Waals surface area contributed by atoms with E-state index in [4.69, 9.17) is 0 Å². The third kappa shape index (κ3) is 3.65. The van der Waals surface area contributed by atoms with Gasteiger partial charge in [0.15, 0.2) is 9.84 Å². The van der Waals surface area contributed by atoms with E-state index >= 15 is 0 Å². The molecule has 1 heterocycles. The van der Waals surface area contributed by atoms with E-state index in [1.165, 1.54) is 6.26 Å². The summed E-state index contributed by atoms with van der Waals surface area (Å²) in [6, 6.07) is 15.1. The minimum Gasteiger partial charge on any atom is -0.380 e. The summed E-state index contributed by atoms with van der Waals surface area (Å²) in [5.41, 5.74) is 3.51. The summed E-state index contributed by atoms with van der Waals surface area (Å²) >= 11 is 0. The van der Waals surface area contributed by atoms with E-state index in [0.29, 0.717) is 6.54 Å². The van der Waals surface area contributed by atoms with E-state index in [1.807, 2.05) is 48.1 Å². The van der Waals surface area contributed by atoms with Gasteiger partial charge in [0.25, 0.3) is 0 Å². The van der Waals surface area contributed by atoms with Gasteiger partial charge in [-0.15, -0.1) is 0 Å². The number of rotatable bonds is 5. The van der Waals surface area contributed by atoms with Crippen LogP contribution in [0.3, 0.4) is 0 Å². The standard InChI is InChI=1S/C18H19N3O2S/c1-21-12-18(20-13-21)16-10-15(24(2,22)23)8-9-17(16)19-11-14-6-4-3-5-7-14/h3-10,12-13,19H,11H2,1-2H3. The number of aryl methyl sites for hydroxylation is 1. The quantitative estimate of drug-likeness (QED) is 0.774. The van der Waals surface area contributed by atoms with Crippen LogP contribution in [-0.4, -0.2) is 24.2 Å². The molecule has 0 spiro atoms. The zero-order chi connectivity index (χ0) is 17.2. The molecule has 0 bridgehead atoms. The first-order valence-corrected chi connectivity index (χ1v) is 9.43. The van der Waals surface area contributed by atoms with Crippen LogP contribution in [-0.2, 0) is 23.4 Å². The molecule has 3 rings (SSSR count). The van der Waals surface area contributed by atoms with Gasteiger partial charge in [-0.25, -0.2) is 13.4 Å². The molecule has 1 aromatic heterocycles. The second kappa shape index (κ2) is 6.49. The molecule has 5 nitrogen and oxygen atoms in total. The summed E-state index contributed by atoms with van der Waals surface area (Å²) < 4.78 is 25.6. The van der Waals surface area contributed by atoms with Crippen LogP contribution in [0.15, 0.2) is 66.0 Å². The molecule has 3 aromatic rings. The van der Waals surface area contributed by atoms with Crippen molar-refractivity contribution in [3.05, 3.63) is 66.6 Å². The Morgan fingerprint density at radius 3 is 2.50 bits per heavy atom. The van der Waals surface area contributed by atoms with Crippen LogP contribution >= 0.6 is 0 Å². The van der Waals surface area contributed by atoms with Gasteiger partial charge < -0.3 is 9.88 Å². The van der Waals surface area contributed by atoms with E-state index in [-0.39, 0.29) is 4.90 Å². The topological polar surface area (TPSA) is 64.0 Å². The van der Waals surface area contributed by atoms with E-state index in [9.17, 15) is 8.42 Å². The average Bonchev–Trinajstić information content (AvgIpc) is 2.99. The summed E-state index contributed by atoms with van der Waals surface area (Å²) in [4.78, 5) is 4.64. The van der Waals surface area contributed by atoms with E-state index in [1.54, 1.807) is 24.5 Å². The predicted molar refractivity (Wildman–Crippen MR) is 95.5 cm³/mol. The summed E-state index contributed by atoms with van der Waals surface area (Å²) in [5, 5.41) is 3.37. The minimum atomic E-state index is -3.27. The van der Waals surface area contributed by atoms with E-state index < -0.39 is 9.84 Å². The van der Waals surface area contributed by atoms with Gasteiger partial charge in [-0.1, -0.05) is 30.3 Å². The molecule has 0 radical (unpaired) electrons. The van der Waals surface area contributed by atoms with Gasteiger partial charge >= 0.3 is 0 Å². The monoisotopic (exact) mass is 341 g/mol. The molecular weight excluding hydrogens is 322 g/mol. The van der Waals surface area contributed by atoms with Gasteiger partial charge in [0.2, 0.25) is 0 Å². The van der Waals surface area contributed by atoms with E-state index in [0.717, 1.165) is 22.5 Å². The number of aromatic nitrogens is 2. The highest BCUT2D eigenvalue weighted by Crippen LogP contribution is 2.30. The average molecular weight is 341 g/mol. The second-order valence-corrected chi connectivity index (χ2v) is 7.76. The maximum Gasteiger partial charge on any atom is 0.175 e. The number of nitrogens with one attached hydrogen (secondary N) is 1. The van der Waals surface area contributed by atoms with Gasteiger partial charge in [-0.2, -0.15) is 0 Å². The summed E-state index contributed by atoms with van der Waals surface area (Å²) in [6.07, 6.45) is 4.78. The Kier molecular flexibility index (Phi) is 4.40. The second-order valence-electron chi connectivity index (χ2n) is 5.74. The number of nitrogens with zero attached hydrogens (tertiary/aromatic N) is 2. The predicted octanol–water partition coefficient (Wildman–Crippen LogP) is 3.10. The van der Waals surface area contributed by atoms with Crippen LogP contribution in [0.25, 0.3) is 11.3 Å². The lowest BCUT2D eigenvalue weighted by atomic mass is 10.1. The smallest absolute Gasteiger partial charge is 0.175 e. The summed E-state index contributed by atoms with van der Waals surface area (Å²) in [7, 11) is -1.39.